The molecule has 4 rings (SSSR count). The number of furan rings is 1. The molecule has 1 amide bonds. The Morgan fingerprint density at radius 2 is 1.77 bits per heavy atom. The van der Waals surface area contributed by atoms with E-state index in [1.54, 1.807) is 6.07 Å². The number of rotatable bonds is 7. The number of carbonyl (C=O) groups is 2. The first-order chi connectivity index (χ1) is 15.0. The Labute approximate surface area is 175 Å². The normalized spacial score (nSPS) is 11.1. The predicted octanol–water partition coefficient (Wildman–Crippen LogP) is 4.91. The lowest BCUT2D eigenvalue weighted by Gasteiger charge is -2.11. The van der Waals surface area contributed by atoms with E-state index in [0.29, 0.717) is 11.1 Å². The molecule has 0 aliphatic carbocycles. The van der Waals surface area contributed by atoms with Crippen LogP contribution in [0.3, 0.4) is 0 Å². The summed E-state index contributed by atoms with van der Waals surface area (Å²) < 4.78 is 39.9. The lowest BCUT2D eigenvalue weighted by atomic mass is 10.0. The zero-order valence-corrected chi connectivity index (χ0v) is 16.1. The van der Waals surface area contributed by atoms with Crippen LogP contribution in [-0.4, -0.2) is 25.1 Å². The molecule has 0 unspecified atom stereocenters. The average molecular weight is 425 g/mol. The van der Waals surface area contributed by atoms with Crippen molar-refractivity contribution < 1.29 is 32.3 Å². The standard InChI is InChI=1S/C23H17F2NO5/c24-23(25)31-18-8-4-3-7-17(18)26-20(27)13-30-21(28)11-15-12-29-19-10-9-14-5-1-2-6-16(14)22(15)19/h1-10,12,23H,11,13H2,(H,26,27). The number of nitrogens with one attached hydrogen (secondary N) is 1. The third-order valence-electron chi connectivity index (χ3n) is 4.62. The van der Waals surface area contributed by atoms with Gasteiger partial charge in [-0.25, -0.2) is 0 Å². The highest BCUT2D eigenvalue weighted by molar-refractivity contribution is 6.08. The van der Waals surface area contributed by atoms with Crippen molar-refractivity contribution in [1.82, 2.24) is 0 Å². The molecule has 4 aromatic rings. The molecule has 8 heteroatoms. The summed E-state index contributed by atoms with van der Waals surface area (Å²) in [5, 5.41) is 5.17. The molecular weight excluding hydrogens is 408 g/mol. The number of hydrogen-bond donors (Lipinski definition) is 1. The van der Waals surface area contributed by atoms with Crippen molar-refractivity contribution in [3.8, 4) is 5.75 Å². The topological polar surface area (TPSA) is 77.8 Å². The third kappa shape index (κ3) is 4.63. The molecule has 1 aromatic heterocycles. The lowest BCUT2D eigenvalue weighted by Crippen LogP contribution is -2.22. The van der Waals surface area contributed by atoms with Gasteiger partial charge in [0.2, 0.25) is 0 Å². The molecule has 31 heavy (non-hydrogen) atoms. The zero-order chi connectivity index (χ0) is 21.8. The van der Waals surface area contributed by atoms with E-state index in [1.807, 2.05) is 36.4 Å². The fourth-order valence-corrected chi connectivity index (χ4v) is 3.31. The minimum Gasteiger partial charge on any atom is -0.464 e. The van der Waals surface area contributed by atoms with Crippen LogP contribution in [0, 0.1) is 0 Å². The van der Waals surface area contributed by atoms with Gasteiger partial charge in [0.05, 0.1) is 18.4 Å². The number of alkyl halides is 2. The lowest BCUT2D eigenvalue weighted by molar-refractivity contribution is -0.146. The number of fused-ring (bicyclic) bond motifs is 3. The summed E-state index contributed by atoms with van der Waals surface area (Å²) in [7, 11) is 0. The van der Waals surface area contributed by atoms with Crippen LogP contribution >= 0.6 is 0 Å². The molecule has 0 saturated heterocycles. The molecule has 158 valence electrons. The molecule has 3 aromatic carbocycles. The van der Waals surface area contributed by atoms with Gasteiger partial charge in [-0.3, -0.25) is 9.59 Å². The highest BCUT2D eigenvalue weighted by Gasteiger charge is 2.16. The number of para-hydroxylation sites is 2. The first-order valence-electron chi connectivity index (χ1n) is 9.38. The Bertz CT molecular complexity index is 1250. The van der Waals surface area contributed by atoms with Gasteiger partial charge in [-0.2, -0.15) is 8.78 Å². The first-order valence-corrected chi connectivity index (χ1v) is 9.38. The number of carbonyl (C=O) groups excluding carboxylic acids is 2. The van der Waals surface area contributed by atoms with Crippen LogP contribution in [0.1, 0.15) is 5.56 Å². The van der Waals surface area contributed by atoms with E-state index in [9.17, 15) is 18.4 Å². The van der Waals surface area contributed by atoms with E-state index in [4.69, 9.17) is 9.15 Å². The monoisotopic (exact) mass is 425 g/mol. The highest BCUT2D eigenvalue weighted by atomic mass is 19.3. The number of amides is 1. The van der Waals surface area contributed by atoms with Crippen molar-refractivity contribution in [3.63, 3.8) is 0 Å². The second kappa shape index (κ2) is 8.83. The SMILES string of the molecule is O=C(COC(=O)Cc1coc2ccc3ccccc3c12)Nc1ccccc1OC(F)F. The zero-order valence-electron chi connectivity index (χ0n) is 16.1. The van der Waals surface area contributed by atoms with Gasteiger partial charge in [-0.15, -0.1) is 0 Å². The largest absolute Gasteiger partial charge is 0.464 e. The van der Waals surface area contributed by atoms with Crippen LogP contribution in [0.25, 0.3) is 21.7 Å². The van der Waals surface area contributed by atoms with Gasteiger partial charge < -0.3 is 19.2 Å². The van der Waals surface area contributed by atoms with E-state index in [2.05, 4.69) is 10.1 Å². The Morgan fingerprint density at radius 3 is 2.61 bits per heavy atom. The minimum atomic E-state index is -3.03. The Balaban J connectivity index is 1.40. The molecule has 0 atom stereocenters. The summed E-state index contributed by atoms with van der Waals surface area (Å²) in [4.78, 5) is 24.4. The molecule has 6 nitrogen and oxygen atoms in total. The maximum atomic E-state index is 12.5. The van der Waals surface area contributed by atoms with Crippen LogP contribution in [0.4, 0.5) is 14.5 Å². The summed E-state index contributed by atoms with van der Waals surface area (Å²) in [6.07, 6.45) is 1.41. The molecule has 0 spiro atoms. The number of anilines is 1. The van der Waals surface area contributed by atoms with Crippen molar-refractivity contribution >= 4 is 39.3 Å². The van der Waals surface area contributed by atoms with Crippen molar-refractivity contribution in [1.29, 1.82) is 0 Å². The summed E-state index contributed by atoms with van der Waals surface area (Å²) in [6, 6.07) is 17.2. The molecular formula is C23H17F2NO5. The summed E-state index contributed by atoms with van der Waals surface area (Å²) in [5.74, 6) is -1.49. The van der Waals surface area contributed by atoms with Gasteiger partial charge in [0, 0.05) is 10.9 Å². The number of esters is 1. The second-order valence-electron chi connectivity index (χ2n) is 6.68. The Morgan fingerprint density at radius 1 is 1.00 bits per heavy atom. The number of hydrogen-bond acceptors (Lipinski definition) is 5. The molecule has 1 heterocycles. The van der Waals surface area contributed by atoms with Crippen molar-refractivity contribution in [3.05, 3.63) is 72.5 Å². The van der Waals surface area contributed by atoms with Crippen LogP contribution in [-0.2, 0) is 20.7 Å². The number of halogens is 2. The fourth-order valence-electron chi connectivity index (χ4n) is 3.31. The van der Waals surface area contributed by atoms with Gasteiger partial charge in [0.25, 0.3) is 5.91 Å². The molecule has 1 N–H and O–H groups in total. The van der Waals surface area contributed by atoms with Crippen molar-refractivity contribution in [2.75, 3.05) is 11.9 Å². The smallest absolute Gasteiger partial charge is 0.387 e. The van der Waals surface area contributed by atoms with Gasteiger partial charge in [0.1, 0.15) is 11.3 Å². The van der Waals surface area contributed by atoms with E-state index < -0.39 is 25.1 Å². The van der Waals surface area contributed by atoms with E-state index >= 15 is 0 Å². The quantitative estimate of drug-likeness (QED) is 0.426. The van der Waals surface area contributed by atoms with Gasteiger partial charge in [0.15, 0.2) is 6.61 Å². The highest BCUT2D eigenvalue weighted by Crippen LogP contribution is 2.30. The van der Waals surface area contributed by atoms with Gasteiger partial charge in [-0.1, -0.05) is 42.5 Å². The van der Waals surface area contributed by atoms with Crippen LogP contribution < -0.4 is 10.1 Å². The molecule has 0 fully saturated rings. The molecule has 0 aliphatic rings. The summed E-state index contributed by atoms with van der Waals surface area (Å²) in [5.41, 5.74) is 1.35. The Kier molecular flexibility index (Phi) is 5.79. The molecule has 0 bridgehead atoms. The van der Waals surface area contributed by atoms with Crippen LogP contribution in [0.5, 0.6) is 5.75 Å². The maximum absolute atomic E-state index is 12.5. The molecule has 0 saturated carbocycles. The third-order valence-corrected chi connectivity index (χ3v) is 4.62. The average Bonchev–Trinajstić information content (AvgIpc) is 3.16. The van der Waals surface area contributed by atoms with Gasteiger partial charge in [-0.05, 0) is 29.0 Å². The summed E-state index contributed by atoms with van der Waals surface area (Å²) in [6.45, 7) is -3.60. The fraction of sp³-hybridized carbons (Fsp3) is 0.130. The first kappa shape index (κ1) is 20.3. The van der Waals surface area contributed by atoms with Crippen molar-refractivity contribution in [2.24, 2.45) is 0 Å². The molecule has 0 aliphatic heterocycles. The van der Waals surface area contributed by atoms with E-state index in [-0.39, 0.29) is 17.9 Å². The number of ether oxygens (including phenoxy) is 2. The van der Waals surface area contributed by atoms with E-state index in [1.165, 1.54) is 24.5 Å². The van der Waals surface area contributed by atoms with E-state index in [0.717, 1.165) is 16.2 Å². The minimum absolute atomic E-state index is 0.0520. The second-order valence-corrected chi connectivity index (χ2v) is 6.68. The van der Waals surface area contributed by atoms with Crippen LogP contribution in [0.15, 0.2) is 71.3 Å². The molecule has 0 radical (unpaired) electrons. The maximum Gasteiger partial charge on any atom is 0.387 e. The Hall–Kier alpha value is -3.94. The van der Waals surface area contributed by atoms with Crippen molar-refractivity contribution in [2.45, 2.75) is 13.0 Å². The number of benzene rings is 3. The van der Waals surface area contributed by atoms with Crippen LogP contribution in [0.2, 0.25) is 0 Å². The van der Waals surface area contributed by atoms with Gasteiger partial charge >= 0.3 is 12.6 Å². The summed E-state index contributed by atoms with van der Waals surface area (Å²) >= 11 is 0. The predicted molar refractivity (Wildman–Crippen MR) is 110 cm³/mol.